The van der Waals surface area contributed by atoms with Crippen molar-refractivity contribution >= 4 is 16.9 Å². The topological polar surface area (TPSA) is 59.4 Å². The SMILES string of the molecule is CCNCCC#Cc1ccc2nc3n(c2c1)-c1c(OC(F)F)cccc1C(=O)N(C)C3CC. The first-order chi connectivity index (χ1) is 16.0. The molecule has 0 radical (unpaired) electrons. The van der Waals surface area contributed by atoms with E-state index in [1.165, 1.54) is 6.07 Å². The van der Waals surface area contributed by atoms with Crippen molar-refractivity contribution in [2.75, 3.05) is 20.1 Å². The first-order valence-electron chi connectivity index (χ1n) is 11.0. The maximum Gasteiger partial charge on any atom is 0.387 e. The first kappa shape index (κ1) is 22.7. The summed E-state index contributed by atoms with van der Waals surface area (Å²) in [6.45, 7) is 2.69. The largest absolute Gasteiger partial charge is 0.433 e. The fourth-order valence-corrected chi connectivity index (χ4v) is 4.20. The molecular weight excluding hydrogens is 426 g/mol. The molecule has 172 valence electrons. The Bertz CT molecular complexity index is 1240. The number of benzene rings is 2. The molecule has 0 aliphatic carbocycles. The van der Waals surface area contributed by atoms with Crippen molar-refractivity contribution < 1.29 is 18.3 Å². The number of nitrogens with one attached hydrogen (secondary N) is 1. The summed E-state index contributed by atoms with van der Waals surface area (Å²) in [4.78, 5) is 19.7. The van der Waals surface area contributed by atoms with Gasteiger partial charge in [-0.2, -0.15) is 8.78 Å². The van der Waals surface area contributed by atoms with Gasteiger partial charge in [-0.05, 0) is 43.3 Å². The quantitative estimate of drug-likeness (QED) is 0.442. The van der Waals surface area contributed by atoms with Gasteiger partial charge in [0.25, 0.3) is 5.91 Å². The zero-order valence-corrected chi connectivity index (χ0v) is 18.9. The van der Waals surface area contributed by atoms with Crippen LogP contribution in [0.3, 0.4) is 0 Å². The van der Waals surface area contributed by atoms with Crippen LogP contribution in [-0.4, -0.2) is 47.1 Å². The van der Waals surface area contributed by atoms with Gasteiger partial charge in [0.1, 0.15) is 11.5 Å². The molecule has 0 bridgehead atoms. The van der Waals surface area contributed by atoms with Crippen molar-refractivity contribution in [2.24, 2.45) is 0 Å². The van der Waals surface area contributed by atoms with E-state index in [0.717, 1.165) is 18.7 Å². The van der Waals surface area contributed by atoms with Crippen LogP contribution in [0, 0.1) is 11.8 Å². The standard InChI is InChI=1S/C25H26F2N4O2/c1-4-19-23-29-18-13-12-16(9-6-7-14-28-5-2)15-20(18)31(23)22-17(24(32)30(19)3)10-8-11-21(22)33-25(26)27/h8,10-13,15,19,25,28H,4-5,7,14H2,1-3H3. The number of carbonyl (C=O) groups excluding carboxylic acids is 1. The maximum absolute atomic E-state index is 13.3. The van der Waals surface area contributed by atoms with E-state index in [4.69, 9.17) is 9.72 Å². The van der Waals surface area contributed by atoms with Gasteiger partial charge < -0.3 is 15.0 Å². The van der Waals surface area contributed by atoms with E-state index in [1.807, 2.05) is 32.0 Å². The molecule has 3 aromatic rings. The summed E-state index contributed by atoms with van der Waals surface area (Å²) in [5, 5.41) is 3.23. The number of ether oxygens (including phenoxy) is 1. The zero-order chi connectivity index (χ0) is 23.5. The van der Waals surface area contributed by atoms with Crippen LogP contribution >= 0.6 is 0 Å². The van der Waals surface area contributed by atoms with Crippen molar-refractivity contribution in [3.05, 3.63) is 53.3 Å². The Morgan fingerprint density at radius 2 is 2.06 bits per heavy atom. The molecule has 33 heavy (non-hydrogen) atoms. The second-order valence-electron chi connectivity index (χ2n) is 7.79. The number of imidazole rings is 1. The molecule has 1 N–H and O–H groups in total. The zero-order valence-electron chi connectivity index (χ0n) is 18.9. The van der Waals surface area contributed by atoms with E-state index >= 15 is 0 Å². The number of alkyl halides is 2. The highest BCUT2D eigenvalue weighted by Crippen LogP contribution is 2.40. The van der Waals surface area contributed by atoms with Crippen LogP contribution in [0.2, 0.25) is 0 Å². The van der Waals surface area contributed by atoms with Crippen LogP contribution in [0.1, 0.15) is 54.5 Å². The summed E-state index contributed by atoms with van der Waals surface area (Å²) < 4.78 is 33.1. The number of para-hydroxylation sites is 1. The van der Waals surface area contributed by atoms with Gasteiger partial charge in [0.15, 0.2) is 5.75 Å². The van der Waals surface area contributed by atoms with Gasteiger partial charge in [-0.1, -0.05) is 31.8 Å². The van der Waals surface area contributed by atoms with E-state index in [9.17, 15) is 13.6 Å². The average molecular weight is 453 g/mol. The minimum Gasteiger partial charge on any atom is -0.433 e. The molecule has 0 saturated carbocycles. The van der Waals surface area contributed by atoms with E-state index in [1.54, 1.807) is 28.6 Å². The van der Waals surface area contributed by atoms with Crippen LogP contribution < -0.4 is 10.1 Å². The van der Waals surface area contributed by atoms with Gasteiger partial charge in [-0.15, -0.1) is 0 Å². The molecule has 1 aliphatic heterocycles. The van der Waals surface area contributed by atoms with Crippen molar-refractivity contribution in [3.63, 3.8) is 0 Å². The van der Waals surface area contributed by atoms with Crippen LogP contribution in [0.15, 0.2) is 36.4 Å². The highest BCUT2D eigenvalue weighted by Gasteiger charge is 2.35. The number of hydrogen-bond donors (Lipinski definition) is 1. The number of hydrogen-bond acceptors (Lipinski definition) is 4. The Kier molecular flexibility index (Phi) is 6.61. The Hall–Kier alpha value is -3.44. The highest BCUT2D eigenvalue weighted by molar-refractivity contribution is 6.00. The second-order valence-corrected chi connectivity index (χ2v) is 7.79. The van der Waals surface area contributed by atoms with Crippen LogP contribution in [0.25, 0.3) is 16.7 Å². The van der Waals surface area contributed by atoms with Crippen LogP contribution in [0.4, 0.5) is 8.78 Å². The fourth-order valence-electron chi connectivity index (χ4n) is 4.20. The Morgan fingerprint density at radius 3 is 2.79 bits per heavy atom. The number of rotatable bonds is 6. The summed E-state index contributed by atoms with van der Waals surface area (Å²) in [6.07, 6.45) is 1.32. The Labute approximate surface area is 191 Å². The van der Waals surface area contributed by atoms with Crippen molar-refractivity contribution in [3.8, 4) is 23.3 Å². The number of amides is 1. The number of fused-ring (bicyclic) bond motifs is 5. The molecule has 8 heteroatoms. The van der Waals surface area contributed by atoms with Gasteiger partial charge in [0.05, 0.1) is 22.6 Å². The third-order valence-corrected chi connectivity index (χ3v) is 5.73. The number of nitrogens with zero attached hydrogens (tertiary/aromatic N) is 3. The summed E-state index contributed by atoms with van der Waals surface area (Å²) >= 11 is 0. The summed E-state index contributed by atoms with van der Waals surface area (Å²) in [5.74, 6) is 6.58. The fraction of sp³-hybridized carbons (Fsp3) is 0.360. The summed E-state index contributed by atoms with van der Waals surface area (Å²) in [6, 6.07) is 9.96. The van der Waals surface area contributed by atoms with E-state index in [2.05, 4.69) is 17.2 Å². The molecule has 1 aliphatic rings. The Morgan fingerprint density at radius 1 is 1.24 bits per heavy atom. The summed E-state index contributed by atoms with van der Waals surface area (Å²) in [7, 11) is 1.71. The van der Waals surface area contributed by atoms with Crippen LogP contribution in [-0.2, 0) is 0 Å². The van der Waals surface area contributed by atoms with Crippen molar-refractivity contribution in [1.29, 1.82) is 0 Å². The molecule has 2 heterocycles. The van der Waals surface area contributed by atoms with Gasteiger partial charge in [-0.25, -0.2) is 4.98 Å². The molecule has 1 amide bonds. The molecule has 4 rings (SSSR count). The van der Waals surface area contributed by atoms with E-state index in [0.29, 0.717) is 29.7 Å². The minimum atomic E-state index is -3.02. The second kappa shape index (κ2) is 9.59. The smallest absolute Gasteiger partial charge is 0.387 e. The molecule has 1 atom stereocenters. The molecule has 0 fully saturated rings. The molecular formula is C25H26F2N4O2. The maximum atomic E-state index is 13.3. The average Bonchev–Trinajstić information content (AvgIpc) is 3.12. The van der Waals surface area contributed by atoms with Gasteiger partial charge in [-0.3, -0.25) is 9.36 Å². The van der Waals surface area contributed by atoms with Gasteiger partial charge >= 0.3 is 6.61 Å². The molecule has 0 spiro atoms. The van der Waals surface area contributed by atoms with Crippen molar-refractivity contribution in [1.82, 2.24) is 19.8 Å². The van der Waals surface area contributed by atoms with E-state index < -0.39 is 6.61 Å². The Balaban J connectivity index is 1.94. The third kappa shape index (κ3) is 4.29. The monoisotopic (exact) mass is 452 g/mol. The predicted octanol–water partition coefficient (Wildman–Crippen LogP) is 4.51. The van der Waals surface area contributed by atoms with E-state index in [-0.39, 0.29) is 28.9 Å². The lowest BCUT2D eigenvalue weighted by molar-refractivity contribution is -0.0498. The number of carbonyl (C=O) groups is 1. The lowest BCUT2D eigenvalue weighted by Crippen LogP contribution is -2.30. The minimum absolute atomic E-state index is 0.0660. The van der Waals surface area contributed by atoms with Gasteiger partial charge in [0, 0.05) is 25.6 Å². The molecule has 0 saturated heterocycles. The van der Waals surface area contributed by atoms with Gasteiger partial charge in [0.2, 0.25) is 0 Å². The lowest BCUT2D eigenvalue weighted by Gasteiger charge is -2.24. The molecule has 1 unspecified atom stereocenters. The molecule has 1 aromatic heterocycles. The number of halogens is 2. The highest BCUT2D eigenvalue weighted by atomic mass is 19.3. The first-order valence-corrected chi connectivity index (χ1v) is 11.0. The summed E-state index contributed by atoms with van der Waals surface area (Å²) in [5.41, 5.74) is 2.74. The lowest BCUT2D eigenvalue weighted by atomic mass is 10.1. The molecule has 6 nitrogen and oxygen atoms in total. The predicted molar refractivity (Wildman–Crippen MR) is 123 cm³/mol. The third-order valence-electron chi connectivity index (χ3n) is 5.73. The normalized spacial score (nSPS) is 15.2. The van der Waals surface area contributed by atoms with Crippen molar-refractivity contribution in [2.45, 2.75) is 39.3 Å². The van der Waals surface area contributed by atoms with Crippen LogP contribution in [0.5, 0.6) is 5.75 Å². The number of aromatic nitrogens is 2. The molecule has 2 aromatic carbocycles.